The van der Waals surface area contributed by atoms with E-state index in [9.17, 15) is 14.0 Å². The molecule has 0 spiro atoms. The van der Waals surface area contributed by atoms with Gasteiger partial charge in [-0.2, -0.15) is 0 Å². The molecule has 1 N–H and O–H groups in total. The van der Waals surface area contributed by atoms with Gasteiger partial charge in [-0.15, -0.1) is 0 Å². The Morgan fingerprint density at radius 3 is 2.60 bits per heavy atom. The van der Waals surface area contributed by atoms with Crippen molar-refractivity contribution in [2.45, 2.75) is 19.8 Å². The van der Waals surface area contributed by atoms with E-state index in [1.54, 1.807) is 19.1 Å². The Kier molecular flexibility index (Phi) is 4.49. The zero-order valence-electron chi connectivity index (χ0n) is 10.9. The fourth-order valence-corrected chi connectivity index (χ4v) is 2.18. The van der Waals surface area contributed by atoms with E-state index in [0.29, 0.717) is 16.6 Å². The van der Waals surface area contributed by atoms with Gasteiger partial charge in [0.25, 0.3) is 0 Å². The first-order valence-electron chi connectivity index (χ1n) is 6.14. The zero-order valence-corrected chi connectivity index (χ0v) is 12.5. The summed E-state index contributed by atoms with van der Waals surface area (Å²) < 4.78 is 13.1. The Labute approximate surface area is 124 Å². The average Bonchev–Trinajstić information content (AvgIpc) is 2.44. The number of carbonyl (C=O) groups is 1. The number of Topliss-reactive ketones (excluding diaryl/α,β-unsaturated/α-hetero) is 1. The third kappa shape index (κ3) is 3.22. The number of hydrogen-bond acceptors (Lipinski definition) is 2. The molecule has 20 heavy (non-hydrogen) atoms. The number of hydrogen-bond donors (Lipinski definition) is 1. The van der Waals surface area contributed by atoms with Crippen molar-refractivity contribution in [2.75, 3.05) is 0 Å². The maximum absolute atomic E-state index is 12.8. The molecule has 0 saturated carbocycles. The van der Waals surface area contributed by atoms with Crippen LogP contribution in [0, 0.1) is 12.7 Å². The summed E-state index contributed by atoms with van der Waals surface area (Å²) in [6, 6.07) is 5.99. The average molecular weight is 338 g/mol. The number of aryl methyl sites for hydroxylation is 2. The Balaban J connectivity index is 2.11. The van der Waals surface area contributed by atoms with E-state index in [1.165, 1.54) is 18.3 Å². The molecule has 0 aliphatic heterocycles. The molecular formula is C15H13BrFNO2. The van der Waals surface area contributed by atoms with Crippen LogP contribution in [0.2, 0.25) is 0 Å². The molecule has 0 aliphatic carbocycles. The van der Waals surface area contributed by atoms with Gasteiger partial charge in [0.05, 0.1) is 10.0 Å². The van der Waals surface area contributed by atoms with Gasteiger partial charge in [0.1, 0.15) is 5.82 Å². The smallest absolute Gasteiger partial charge is 0.206 e. The van der Waals surface area contributed by atoms with Crippen LogP contribution in [0.15, 0.2) is 39.7 Å². The topological polar surface area (TPSA) is 49.9 Å². The van der Waals surface area contributed by atoms with E-state index in [0.717, 1.165) is 5.56 Å². The summed E-state index contributed by atoms with van der Waals surface area (Å²) in [6.45, 7) is 1.75. The standard InChI is InChI=1S/C15H13BrFNO2/c1-9-14(16)15(20)12(8-18-9)13(19)7-4-10-2-5-11(17)6-3-10/h2-3,5-6,8H,4,7H2,1H3,(H,18,20). The lowest BCUT2D eigenvalue weighted by atomic mass is 10.0. The number of aromatic nitrogens is 1. The molecule has 2 aromatic rings. The minimum absolute atomic E-state index is 0.143. The maximum atomic E-state index is 12.8. The van der Waals surface area contributed by atoms with Gasteiger partial charge in [0, 0.05) is 18.3 Å². The van der Waals surface area contributed by atoms with Crippen molar-refractivity contribution < 1.29 is 9.18 Å². The second kappa shape index (κ2) is 6.13. The summed E-state index contributed by atoms with van der Waals surface area (Å²) in [5, 5.41) is 0. The lowest BCUT2D eigenvalue weighted by molar-refractivity contribution is 0.0981. The number of halogens is 2. The molecule has 3 nitrogen and oxygen atoms in total. The van der Waals surface area contributed by atoms with Crippen LogP contribution in [-0.2, 0) is 6.42 Å². The summed E-state index contributed by atoms with van der Waals surface area (Å²) in [4.78, 5) is 26.9. The van der Waals surface area contributed by atoms with E-state index < -0.39 is 0 Å². The summed E-state index contributed by atoms with van der Waals surface area (Å²) in [5.41, 5.74) is 1.39. The fourth-order valence-electron chi connectivity index (χ4n) is 1.85. The summed E-state index contributed by atoms with van der Waals surface area (Å²) in [5.74, 6) is -0.532. The van der Waals surface area contributed by atoms with Crippen molar-refractivity contribution in [3.63, 3.8) is 0 Å². The zero-order chi connectivity index (χ0) is 14.7. The number of ketones is 1. The van der Waals surface area contributed by atoms with Crippen LogP contribution in [0.1, 0.15) is 28.0 Å². The fraction of sp³-hybridized carbons (Fsp3) is 0.200. The van der Waals surface area contributed by atoms with E-state index >= 15 is 0 Å². The highest BCUT2D eigenvalue weighted by Crippen LogP contribution is 2.11. The lowest BCUT2D eigenvalue weighted by Gasteiger charge is -2.04. The van der Waals surface area contributed by atoms with Crippen LogP contribution in [0.3, 0.4) is 0 Å². The number of pyridine rings is 1. The van der Waals surface area contributed by atoms with Gasteiger partial charge >= 0.3 is 0 Å². The molecule has 1 aromatic carbocycles. The van der Waals surface area contributed by atoms with Crippen LogP contribution in [0.5, 0.6) is 0 Å². The van der Waals surface area contributed by atoms with Crippen LogP contribution in [0.4, 0.5) is 4.39 Å². The van der Waals surface area contributed by atoms with Crippen molar-refractivity contribution in [3.8, 4) is 0 Å². The van der Waals surface area contributed by atoms with Crippen molar-refractivity contribution in [1.82, 2.24) is 4.98 Å². The molecular weight excluding hydrogens is 325 g/mol. The molecule has 0 amide bonds. The Hall–Kier alpha value is -1.75. The molecule has 1 heterocycles. The van der Waals surface area contributed by atoms with Gasteiger partial charge in [0.15, 0.2) is 5.78 Å². The van der Waals surface area contributed by atoms with E-state index in [4.69, 9.17) is 0 Å². The Morgan fingerprint density at radius 2 is 1.95 bits per heavy atom. The molecule has 104 valence electrons. The lowest BCUT2D eigenvalue weighted by Crippen LogP contribution is -2.17. The third-order valence-corrected chi connectivity index (χ3v) is 4.02. The molecule has 1 aromatic heterocycles. The highest BCUT2D eigenvalue weighted by Gasteiger charge is 2.13. The quantitative estimate of drug-likeness (QED) is 0.869. The van der Waals surface area contributed by atoms with Gasteiger partial charge in [-0.1, -0.05) is 12.1 Å². The van der Waals surface area contributed by atoms with Crippen molar-refractivity contribution in [2.24, 2.45) is 0 Å². The molecule has 0 fully saturated rings. The Bertz CT molecular complexity index is 692. The van der Waals surface area contributed by atoms with E-state index in [-0.39, 0.29) is 29.0 Å². The van der Waals surface area contributed by atoms with Crippen molar-refractivity contribution in [3.05, 3.63) is 67.8 Å². The predicted molar refractivity (Wildman–Crippen MR) is 78.6 cm³/mol. The molecule has 0 radical (unpaired) electrons. The number of aromatic amines is 1. The first-order chi connectivity index (χ1) is 9.49. The minimum Gasteiger partial charge on any atom is -0.363 e. The molecule has 0 atom stereocenters. The summed E-state index contributed by atoms with van der Waals surface area (Å²) in [7, 11) is 0. The Morgan fingerprint density at radius 1 is 1.30 bits per heavy atom. The van der Waals surface area contributed by atoms with Gasteiger partial charge < -0.3 is 4.98 Å². The largest absolute Gasteiger partial charge is 0.363 e. The minimum atomic E-state index is -0.306. The first-order valence-corrected chi connectivity index (χ1v) is 6.94. The van der Waals surface area contributed by atoms with Crippen molar-refractivity contribution >= 4 is 21.7 Å². The predicted octanol–water partition coefficient (Wildman–Crippen LogP) is 3.40. The normalized spacial score (nSPS) is 10.6. The van der Waals surface area contributed by atoms with E-state index in [1.807, 2.05) is 0 Å². The van der Waals surface area contributed by atoms with Crippen LogP contribution in [0.25, 0.3) is 0 Å². The van der Waals surface area contributed by atoms with Gasteiger partial charge in [-0.3, -0.25) is 9.59 Å². The van der Waals surface area contributed by atoms with Crippen LogP contribution >= 0.6 is 15.9 Å². The third-order valence-electron chi connectivity index (χ3n) is 3.06. The summed E-state index contributed by atoms with van der Waals surface area (Å²) >= 11 is 3.16. The van der Waals surface area contributed by atoms with E-state index in [2.05, 4.69) is 20.9 Å². The van der Waals surface area contributed by atoms with Gasteiger partial charge in [-0.05, 0) is 47.0 Å². The molecule has 0 unspecified atom stereocenters. The van der Waals surface area contributed by atoms with Crippen LogP contribution in [-0.4, -0.2) is 10.8 Å². The highest BCUT2D eigenvalue weighted by molar-refractivity contribution is 9.10. The van der Waals surface area contributed by atoms with Crippen LogP contribution < -0.4 is 5.43 Å². The molecule has 5 heteroatoms. The van der Waals surface area contributed by atoms with Crippen molar-refractivity contribution in [1.29, 1.82) is 0 Å². The number of benzene rings is 1. The number of nitrogens with one attached hydrogen (secondary N) is 1. The maximum Gasteiger partial charge on any atom is 0.206 e. The number of rotatable bonds is 4. The highest BCUT2D eigenvalue weighted by atomic mass is 79.9. The number of carbonyl (C=O) groups excluding carboxylic acids is 1. The molecule has 0 saturated heterocycles. The van der Waals surface area contributed by atoms with Gasteiger partial charge in [-0.25, -0.2) is 4.39 Å². The molecule has 2 rings (SSSR count). The summed E-state index contributed by atoms with van der Waals surface area (Å²) in [6.07, 6.45) is 2.13. The second-order valence-electron chi connectivity index (χ2n) is 4.52. The second-order valence-corrected chi connectivity index (χ2v) is 5.31. The molecule has 0 aliphatic rings. The van der Waals surface area contributed by atoms with Gasteiger partial charge in [0.2, 0.25) is 5.43 Å². The number of H-pyrrole nitrogens is 1. The molecule has 0 bridgehead atoms. The monoisotopic (exact) mass is 337 g/mol. The SMILES string of the molecule is Cc1[nH]cc(C(=O)CCc2ccc(F)cc2)c(=O)c1Br. The first kappa shape index (κ1) is 14.7.